The molecule has 2 nitrogen and oxygen atoms in total. The SMILES string of the molecule is Cc1cc(Oc2cc(Br)ccc2C)ccc1N. The average Bonchev–Trinajstić information content (AvgIpc) is 2.29. The van der Waals surface area contributed by atoms with E-state index in [2.05, 4.69) is 15.9 Å². The summed E-state index contributed by atoms with van der Waals surface area (Å²) in [5.74, 6) is 1.65. The Morgan fingerprint density at radius 1 is 1.00 bits per heavy atom. The fourth-order valence-electron chi connectivity index (χ4n) is 1.52. The molecule has 17 heavy (non-hydrogen) atoms. The van der Waals surface area contributed by atoms with Gasteiger partial charge in [-0.25, -0.2) is 0 Å². The van der Waals surface area contributed by atoms with Gasteiger partial charge in [0.15, 0.2) is 0 Å². The van der Waals surface area contributed by atoms with E-state index in [-0.39, 0.29) is 0 Å². The summed E-state index contributed by atoms with van der Waals surface area (Å²) in [4.78, 5) is 0. The predicted molar refractivity (Wildman–Crippen MR) is 74.5 cm³/mol. The van der Waals surface area contributed by atoms with E-state index in [1.807, 2.05) is 50.2 Å². The van der Waals surface area contributed by atoms with Crippen molar-refractivity contribution in [1.29, 1.82) is 0 Å². The van der Waals surface area contributed by atoms with Gasteiger partial charge in [-0.05, 0) is 55.3 Å². The van der Waals surface area contributed by atoms with Crippen molar-refractivity contribution in [2.45, 2.75) is 13.8 Å². The maximum atomic E-state index is 5.84. The zero-order valence-corrected chi connectivity index (χ0v) is 11.4. The largest absolute Gasteiger partial charge is 0.457 e. The van der Waals surface area contributed by atoms with Gasteiger partial charge in [0.1, 0.15) is 11.5 Å². The summed E-state index contributed by atoms with van der Waals surface area (Å²) in [6, 6.07) is 11.7. The fourth-order valence-corrected chi connectivity index (χ4v) is 1.86. The van der Waals surface area contributed by atoms with E-state index in [1.54, 1.807) is 0 Å². The van der Waals surface area contributed by atoms with Gasteiger partial charge < -0.3 is 10.5 Å². The van der Waals surface area contributed by atoms with Gasteiger partial charge in [0.2, 0.25) is 0 Å². The molecule has 0 atom stereocenters. The van der Waals surface area contributed by atoms with E-state index >= 15 is 0 Å². The van der Waals surface area contributed by atoms with Crippen molar-refractivity contribution in [2.24, 2.45) is 0 Å². The molecular formula is C14H14BrNO. The summed E-state index contributed by atoms with van der Waals surface area (Å²) in [6.07, 6.45) is 0. The number of benzene rings is 2. The monoisotopic (exact) mass is 291 g/mol. The molecule has 0 amide bonds. The van der Waals surface area contributed by atoms with Crippen LogP contribution in [0.2, 0.25) is 0 Å². The predicted octanol–water partition coefficient (Wildman–Crippen LogP) is 4.44. The molecule has 3 heteroatoms. The van der Waals surface area contributed by atoms with Crippen molar-refractivity contribution in [3.8, 4) is 11.5 Å². The molecule has 0 saturated carbocycles. The number of hydrogen-bond acceptors (Lipinski definition) is 2. The van der Waals surface area contributed by atoms with E-state index in [0.717, 1.165) is 32.8 Å². The molecule has 0 unspecified atom stereocenters. The van der Waals surface area contributed by atoms with Crippen LogP contribution in [-0.2, 0) is 0 Å². The lowest BCUT2D eigenvalue weighted by molar-refractivity contribution is 0.478. The number of halogens is 1. The number of rotatable bonds is 2. The van der Waals surface area contributed by atoms with Gasteiger partial charge in [-0.2, -0.15) is 0 Å². The molecule has 2 N–H and O–H groups in total. The molecule has 0 radical (unpaired) electrons. The lowest BCUT2D eigenvalue weighted by Gasteiger charge is -2.10. The smallest absolute Gasteiger partial charge is 0.131 e. The first-order valence-corrected chi connectivity index (χ1v) is 6.15. The van der Waals surface area contributed by atoms with Crippen molar-refractivity contribution in [1.82, 2.24) is 0 Å². The van der Waals surface area contributed by atoms with E-state index in [1.165, 1.54) is 0 Å². The highest BCUT2D eigenvalue weighted by molar-refractivity contribution is 9.10. The summed E-state index contributed by atoms with van der Waals surface area (Å²) >= 11 is 3.44. The molecule has 2 aromatic carbocycles. The van der Waals surface area contributed by atoms with Gasteiger partial charge in [0.25, 0.3) is 0 Å². The van der Waals surface area contributed by atoms with Gasteiger partial charge in [-0.15, -0.1) is 0 Å². The molecule has 0 aliphatic heterocycles. The van der Waals surface area contributed by atoms with Crippen LogP contribution in [0.3, 0.4) is 0 Å². The molecule has 0 heterocycles. The van der Waals surface area contributed by atoms with E-state index in [4.69, 9.17) is 10.5 Å². The summed E-state index contributed by atoms with van der Waals surface area (Å²) in [6.45, 7) is 3.99. The fraction of sp³-hybridized carbons (Fsp3) is 0.143. The maximum Gasteiger partial charge on any atom is 0.131 e. The quantitative estimate of drug-likeness (QED) is 0.830. The normalized spacial score (nSPS) is 10.3. The molecule has 2 aromatic rings. The Bertz CT molecular complexity index is 552. The zero-order chi connectivity index (χ0) is 12.4. The third-order valence-electron chi connectivity index (χ3n) is 2.62. The number of nitrogen functional groups attached to an aromatic ring is 1. The van der Waals surface area contributed by atoms with Gasteiger partial charge in [0.05, 0.1) is 0 Å². The first-order chi connectivity index (χ1) is 8.06. The highest BCUT2D eigenvalue weighted by Gasteiger charge is 2.03. The molecule has 2 rings (SSSR count). The van der Waals surface area contributed by atoms with Crippen LogP contribution in [0.15, 0.2) is 40.9 Å². The Hall–Kier alpha value is -1.48. The molecule has 0 aliphatic carbocycles. The highest BCUT2D eigenvalue weighted by Crippen LogP contribution is 2.29. The minimum Gasteiger partial charge on any atom is -0.457 e. The summed E-state index contributed by atoms with van der Waals surface area (Å²) < 4.78 is 6.85. The van der Waals surface area contributed by atoms with Crippen molar-refractivity contribution in [2.75, 3.05) is 5.73 Å². The average molecular weight is 292 g/mol. The second-order valence-electron chi connectivity index (χ2n) is 4.03. The van der Waals surface area contributed by atoms with Crippen LogP contribution in [0.5, 0.6) is 11.5 Å². The summed E-state index contributed by atoms with van der Waals surface area (Å²) in [5, 5.41) is 0. The molecule has 88 valence electrons. The second kappa shape index (κ2) is 4.80. The highest BCUT2D eigenvalue weighted by atomic mass is 79.9. The maximum absolute atomic E-state index is 5.84. The Labute approximate surface area is 110 Å². The van der Waals surface area contributed by atoms with E-state index in [0.29, 0.717) is 0 Å². The molecule has 0 aliphatic rings. The van der Waals surface area contributed by atoms with E-state index in [9.17, 15) is 0 Å². The Balaban J connectivity index is 2.31. The number of ether oxygens (including phenoxy) is 1. The van der Waals surface area contributed by atoms with Crippen LogP contribution >= 0.6 is 15.9 Å². The molecule has 0 bridgehead atoms. The molecule has 0 aromatic heterocycles. The van der Waals surface area contributed by atoms with Crippen molar-refractivity contribution < 1.29 is 4.74 Å². The summed E-state index contributed by atoms with van der Waals surface area (Å²) in [5.41, 5.74) is 8.68. The van der Waals surface area contributed by atoms with Gasteiger partial charge >= 0.3 is 0 Å². The van der Waals surface area contributed by atoms with Crippen LogP contribution < -0.4 is 10.5 Å². The standard InChI is InChI=1S/C14H14BrNO/c1-9-3-4-11(15)8-14(9)17-12-5-6-13(16)10(2)7-12/h3-8H,16H2,1-2H3. The van der Waals surface area contributed by atoms with Crippen LogP contribution in [0, 0.1) is 13.8 Å². The Morgan fingerprint density at radius 2 is 1.76 bits per heavy atom. The third-order valence-corrected chi connectivity index (χ3v) is 3.11. The zero-order valence-electron chi connectivity index (χ0n) is 9.83. The molecule has 0 fully saturated rings. The van der Waals surface area contributed by atoms with Crippen LogP contribution in [0.4, 0.5) is 5.69 Å². The second-order valence-corrected chi connectivity index (χ2v) is 4.95. The molecule has 0 spiro atoms. The Morgan fingerprint density at radius 3 is 2.47 bits per heavy atom. The third kappa shape index (κ3) is 2.80. The number of anilines is 1. The first kappa shape index (κ1) is 12.0. The first-order valence-electron chi connectivity index (χ1n) is 5.36. The van der Waals surface area contributed by atoms with Crippen LogP contribution in [-0.4, -0.2) is 0 Å². The topological polar surface area (TPSA) is 35.2 Å². The minimum absolute atomic E-state index is 0.781. The van der Waals surface area contributed by atoms with Crippen molar-refractivity contribution >= 4 is 21.6 Å². The number of nitrogens with two attached hydrogens (primary N) is 1. The van der Waals surface area contributed by atoms with Crippen LogP contribution in [0.1, 0.15) is 11.1 Å². The summed E-state index contributed by atoms with van der Waals surface area (Å²) in [7, 11) is 0. The van der Waals surface area contributed by atoms with Gasteiger partial charge in [-0.1, -0.05) is 22.0 Å². The lowest BCUT2D eigenvalue weighted by Crippen LogP contribution is -1.92. The molecule has 0 saturated heterocycles. The van der Waals surface area contributed by atoms with Crippen molar-refractivity contribution in [3.05, 3.63) is 52.0 Å². The van der Waals surface area contributed by atoms with E-state index < -0.39 is 0 Å². The minimum atomic E-state index is 0.781. The van der Waals surface area contributed by atoms with Crippen LogP contribution in [0.25, 0.3) is 0 Å². The lowest BCUT2D eigenvalue weighted by atomic mass is 10.2. The van der Waals surface area contributed by atoms with Gasteiger partial charge in [-0.3, -0.25) is 0 Å². The Kier molecular flexibility index (Phi) is 3.38. The van der Waals surface area contributed by atoms with Crippen molar-refractivity contribution in [3.63, 3.8) is 0 Å². The number of aryl methyl sites for hydroxylation is 2. The van der Waals surface area contributed by atoms with Gasteiger partial charge in [0, 0.05) is 10.2 Å². The number of hydrogen-bond donors (Lipinski definition) is 1. The molecular weight excluding hydrogens is 278 g/mol.